The van der Waals surface area contributed by atoms with E-state index in [1.165, 1.54) is 75.4 Å². The van der Waals surface area contributed by atoms with E-state index >= 15 is 0 Å². The maximum atomic E-state index is 3.69. The molecule has 0 amide bonds. The Morgan fingerprint density at radius 2 is 1.11 bits per heavy atom. The molecule has 0 saturated heterocycles. The highest BCUT2D eigenvalue weighted by Gasteiger charge is 2.18. The van der Waals surface area contributed by atoms with E-state index in [1.54, 1.807) is 0 Å². The lowest BCUT2D eigenvalue weighted by atomic mass is 10.1. The molecular weight excluding hydrogens is 401 g/mol. The fraction of sp³-hybridized carbons (Fsp3) is 1.00. The number of alkyl halides is 1. The highest BCUT2D eigenvalue weighted by Crippen LogP contribution is 2.13. The minimum Gasteiger partial charge on any atom is -1.00 e. The molecule has 3 heteroatoms. The van der Waals surface area contributed by atoms with Gasteiger partial charge in [-0.3, -0.25) is 0 Å². The minimum absolute atomic E-state index is 0. The molecule has 0 rings (SSSR count). The first-order valence-corrected chi connectivity index (χ1v) is 8.70. The number of rotatable bonds is 12. The van der Waals surface area contributed by atoms with Gasteiger partial charge in [0.25, 0.3) is 0 Å². The number of unbranched alkanes of at least 4 members (excludes halogenated alkanes) is 7. The Morgan fingerprint density at radius 3 is 1.61 bits per heavy atom. The van der Waals surface area contributed by atoms with Crippen LogP contribution in [0.4, 0.5) is 0 Å². The van der Waals surface area contributed by atoms with Gasteiger partial charge in [0.05, 0.1) is 20.1 Å². The molecule has 0 aliphatic rings. The van der Waals surface area contributed by atoms with Crippen LogP contribution in [-0.4, -0.2) is 30.1 Å². The van der Waals surface area contributed by atoms with Crippen LogP contribution in [0.25, 0.3) is 0 Å². The minimum atomic E-state index is 0. The third-order valence-corrected chi connectivity index (χ3v) is 4.85. The van der Waals surface area contributed by atoms with Crippen molar-refractivity contribution in [2.45, 2.75) is 71.6 Å². The van der Waals surface area contributed by atoms with Gasteiger partial charge in [-0.1, -0.05) is 46.0 Å². The molecule has 1 atom stereocenters. The number of hydrogen-bond donors (Lipinski definition) is 0. The fourth-order valence-corrected chi connectivity index (χ4v) is 2.75. The monoisotopic (exact) mass is 433 g/mol. The van der Waals surface area contributed by atoms with Crippen molar-refractivity contribution < 1.29 is 28.5 Å². The molecule has 1 nitrogen and oxygen atoms in total. The summed E-state index contributed by atoms with van der Waals surface area (Å²) < 4.78 is 1.22. The maximum absolute atomic E-state index is 3.69. The van der Waals surface area contributed by atoms with Crippen molar-refractivity contribution in [1.82, 2.24) is 0 Å². The highest BCUT2D eigenvalue weighted by molar-refractivity contribution is 9.09. The van der Waals surface area contributed by atoms with Crippen molar-refractivity contribution in [1.29, 1.82) is 0 Å². The Labute approximate surface area is 141 Å². The van der Waals surface area contributed by atoms with Gasteiger partial charge in [0.1, 0.15) is 5.45 Å². The molecular formula is C15H33BrIN. The van der Waals surface area contributed by atoms with Crippen LogP contribution in [0.15, 0.2) is 0 Å². The Hall–Kier alpha value is 1.17. The van der Waals surface area contributed by atoms with Gasteiger partial charge in [0.2, 0.25) is 0 Å². The van der Waals surface area contributed by atoms with E-state index in [4.69, 9.17) is 0 Å². The van der Waals surface area contributed by atoms with Gasteiger partial charge in [-0.2, -0.15) is 0 Å². The summed E-state index contributed by atoms with van der Waals surface area (Å²) in [5, 5.41) is 0. The summed E-state index contributed by atoms with van der Waals surface area (Å²) >= 11 is 3.69. The molecule has 1 unspecified atom stereocenters. The van der Waals surface area contributed by atoms with E-state index in [1.807, 2.05) is 0 Å². The molecule has 0 radical (unpaired) electrons. The van der Waals surface area contributed by atoms with Crippen LogP contribution in [-0.2, 0) is 0 Å². The molecule has 18 heavy (non-hydrogen) atoms. The molecule has 112 valence electrons. The van der Waals surface area contributed by atoms with Gasteiger partial charge in [0.15, 0.2) is 0 Å². The summed E-state index contributed by atoms with van der Waals surface area (Å²) in [6.45, 7) is 7.26. The average Bonchev–Trinajstić information content (AvgIpc) is 2.34. The summed E-state index contributed by atoms with van der Waals surface area (Å²) in [6, 6.07) is 0. The lowest BCUT2D eigenvalue weighted by Gasteiger charge is -2.32. The van der Waals surface area contributed by atoms with E-state index < -0.39 is 0 Å². The van der Waals surface area contributed by atoms with Gasteiger partial charge in [-0.05, 0) is 41.6 Å². The predicted octanol–water partition coefficient (Wildman–Crippen LogP) is 2.34. The Kier molecular flexibility index (Phi) is 17.4. The Morgan fingerprint density at radius 1 is 0.722 bits per heavy atom. The molecule has 0 aromatic rings. The van der Waals surface area contributed by atoms with Crippen molar-refractivity contribution in [3.63, 3.8) is 0 Å². The first-order chi connectivity index (χ1) is 8.18. The van der Waals surface area contributed by atoms with Gasteiger partial charge in [0, 0.05) is 0 Å². The van der Waals surface area contributed by atoms with E-state index in [-0.39, 0.29) is 24.0 Å². The van der Waals surface area contributed by atoms with Crippen LogP contribution >= 0.6 is 15.9 Å². The van der Waals surface area contributed by atoms with Gasteiger partial charge < -0.3 is 28.5 Å². The predicted molar refractivity (Wildman–Crippen MR) is 82.6 cm³/mol. The SMILES string of the molecule is CCCCCCCC[N+](C)(CBr)CCCCC.[I-]. The number of nitrogens with zero attached hydrogens (tertiary/aromatic N) is 1. The van der Waals surface area contributed by atoms with Crippen LogP contribution in [0, 0.1) is 0 Å². The first-order valence-electron chi connectivity index (χ1n) is 7.58. The summed E-state index contributed by atoms with van der Waals surface area (Å²) in [5.74, 6) is 0. The number of quaternary nitrogens is 1. The molecule has 0 heterocycles. The van der Waals surface area contributed by atoms with Crippen LogP contribution in [0.3, 0.4) is 0 Å². The van der Waals surface area contributed by atoms with Crippen molar-refractivity contribution in [3.8, 4) is 0 Å². The quantitative estimate of drug-likeness (QED) is 0.146. The third kappa shape index (κ3) is 12.2. The normalized spacial score (nSPS) is 14.0. The van der Waals surface area contributed by atoms with E-state index in [0.717, 1.165) is 5.45 Å². The van der Waals surface area contributed by atoms with E-state index in [2.05, 4.69) is 36.8 Å². The molecule has 0 aromatic heterocycles. The largest absolute Gasteiger partial charge is 1.00 e. The van der Waals surface area contributed by atoms with Gasteiger partial charge >= 0.3 is 0 Å². The van der Waals surface area contributed by atoms with Gasteiger partial charge in [-0.25, -0.2) is 0 Å². The maximum Gasteiger partial charge on any atom is 0.134 e. The van der Waals surface area contributed by atoms with Gasteiger partial charge in [-0.15, -0.1) is 0 Å². The van der Waals surface area contributed by atoms with Crippen molar-refractivity contribution >= 4 is 15.9 Å². The van der Waals surface area contributed by atoms with Crippen LogP contribution in [0.1, 0.15) is 71.6 Å². The zero-order valence-corrected chi connectivity index (χ0v) is 16.4. The summed E-state index contributed by atoms with van der Waals surface area (Å²) in [6.07, 6.45) is 12.6. The zero-order chi connectivity index (χ0) is 13.0. The third-order valence-electron chi connectivity index (χ3n) is 3.64. The Balaban J connectivity index is 0. The molecule has 0 bridgehead atoms. The number of halogens is 2. The lowest BCUT2D eigenvalue weighted by molar-refractivity contribution is -0.896. The standard InChI is InChI=1S/C15H33BrN.HI/c1-4-6-8-9-10-12-14-17(3,15-16)13-11-7-5-2;/h4-15H2,1-3H3;1H/q+1;/p-1. The zero-order valence-electron chi connectivity index (χ0n) is 12.7. The molecule has 0 aromatic carbocycles. The van der Waals surface area contributed by atoms with E-state index in [0.29, 0.717) is 0 Å². The van der Waals surface area contributed by atoms with Crippen LogP contribution < -0.4 is 24.0 Å². The molecule has 0 N–H and O–H groups in total. The molecule has 0 fully saturated rings. The molecule has 0 saturated carbocycles. The van der Waals surface area contributed by atoms with E-state index in [9.17, 15) is 0 Å². The number of hydrogen-bond acceptors (Lipinski definition) is 0. The topological polar surface area (TPSA) is 0 Å². The summed E-state index contributed by atoms with van der Waals surface area (Å²) in [5.41, 5.74) is 1.12. The van der Waals surface area contributed by atoms with Crippen molar-refractivity contribution in [2.24, 2.45) is 0 Å². The second-order valence-corrected chi connectivity index (χ2v) is 6.16. The summed E-state index contributed by atoms with van der Waals surface area (Å²) in [4.78, 5) is 0. The van der Waals surface area contributed by atoms with Crippen molar-refractivity contribution in [3.05, 3.63) is 0 Å². The average molecular weight is 434 g/mol. The van der Waals surface area contributed by atoms with Crippen molar-refractivity contribution in [2.75, 3.05) is 25.6 Å². The smallest absolute Gasteiger partial charge is 0.134 e. The van der Waals surface area contributed by atoms with Crippen LogP contribution in [0.5, 0.6) is 0 Å². The molecule has 0 aliphatic heterocycles. The Bertz CT molecular complexity index is 167. The first kappa shape index (κ1) is 21.5. The second-order valence-electron chi connectivity index (χ2n) is 5.66. The highest BCUT2D eigenvalue weighted by atomic mass is 127. The van der Waals surface area contributed by atoms with Crippen LogP contribution in [0.2, 0.25) is 0 Å². The lowest BCUT2D eigenvalue weighted by Crippen LogP contribution is -3.00. The molecule has 0 aliphatic carbocycles. The summed E-state index contributed by atoms with van der Waals surface area (Å²) in [7, 11) is 2.40. The fourth-order valence-electron chi connectivity index (χ4n) is 2.25. The second kappa shape index (κ2) is 14.6. The molecule has 0 spiro atoms.